The molecule has 1 amide bonds. The highest BCUT2D eigenvalue weighted by Crippen LogP contribution is 2.30. The summed E-state index contributed by atoms with van der Waals surface area (Å²) < 4.78 is 0.746. The summed E-state index contributed by atoms with van der Waals surface area (Å²) >= 11 is 15.0. The first-order valence-corrected chi connectivity index (χ1v) is 7.23. The van der Waals surface area contributed by atoms with Crippen LogP contribution in [-0.4, -0.2) is 5.91 Å². The van der Waals surface area contributed by atoms with E-state index in [2.05, 4.69) is 21.2 Å². The Kier molecular flexibility index (Phi) is 4.73. The van der Waals surface area contributed by atoms with E-state index in [0.717, 1.165) is 4.47 Å². The van der Waals surface area contributed by atoms with Crippen LogP contribution < -0.4 is 11.1 Å². The van der Waals surface area contributed by atoms with Gasteiger partial charge in [-0.2, -0.15) is 5.26 Å². The average Bonchev–Trinajstić information content (AvgIpc) is 2.45. The Morgan fingerprint density at radius 1 is 1.29 bits per heavy atom. The van der Waals surface area contributed by atoms with Crippen molar-refractivity contribution in [1.29, 1.82) is 5.26 Å². The Bertz CT molecular complexity index is 748. The van der Waals surface area contributed by atoms with Gasteiger partial charge in [0, 0.05) is 10.0 Å². The van der Waals surface area contributed by atoms with Crippen LogP contribution >= 0.6 is 39.1 Å². The minimum atomic E-state index is -0.431. The van der Waals surface area contributed by atoms with Crippen molar-refractivity contribution in [2.45, 2.75) is 0 Å². The number of nitrogens with one attached hydrogen (secondary N) is 1. The zero-order valence-electron chi connectivity index (χ0n) is 10.5. The van der Waals surface area contributed by atoms with Gasteiger partial charge < -0.3 is 11.1 Å². The highest BCUT2D eigenvalue weighted by atomic mass is 79.9. The molecule has 106 valence electrons. The molecule has 4 nitrogen and oxygen atoms in total. The number of carbonyl (C=O) groups is 1. The minimum Gasteiger partial charge on any atom is -0.397 e. The van der Waals surface area contributed by atoms with Gasteiger partial charge in [-0.15, -0.1) is 0 Å². The van der Waals surface area contributed by atoms with E-state index < -0.39 is 5.91 Å². The lowest BCUT2D eigenvalue weighted by atomic mass is 10.1. The van der Waals surface area contributed by atoms with E-state index in [1.54, 1.807) is 18.2 Å². The minimum absolute atomic E-state index is 0.193. The van der Waals surface area contributed by atoms with Crippen molar-refractivity contribution < 1.29 is 4.79 Å². The molecule has 2 aromatic carbocycles. The Morgan fingerprint density at radius 3 is 2.62 bits per heavy atom. The molecule has 0 heterocycles. The molecule has 0 atom stereocenters. The van der Waals surface area contributed by atoms with Gasteiger partial charge in [0.05, 0.1) is 27.0 Å². The second kappa shape index (κ2) is 6.35. The maximum absolute atomic E-state index is 12.2. The summed E-state index contributed by atoms with van der Waals surface area (Å²) in [4.78, 5) is 12.2. The Hall–Kier alpha value is -1.74. The summed E-state index contributed by atoms with van der Waals surface area (Å²) in [5, 5.41) is 12.1. The molecule has 21 heavy (non-hydrogen) atoms. The van der Waals surface area contributed by atoms with E-state index in [0.29, 0.717) is 11.3 Å². The summed E-state index contributed by atoms with van der Waals surface area (Å²) in [7, 11) is 0. The van der Waals surface area contributed by atoms with Gasteiger partial charge >= 0.3 is 0 Å². The van der Waals surface area contributed by atoms with Crippen LogP contribution in [0.1, 0.15) is 15.9 Å². The smallest absolute Gasteiger partial charge is 0.255 e. The first kappa shape index (κ1) is 15.6. The Labute approximate surface area is 139 Å². The van der Waals surface area contributed by atoms with Crippen LogP contribution in [0.15, 0.2) is 34.8 Å². The van der Waals surface area contributed by atoms with Gasteiger partial charge in [0.25, 0.3) is 5.91 Å². The van der Waals surface area contributed by atoms with Crippen molar-refractivity contribution in [3.63, 3.8) is 0 Å². The topological polar surface area (TPSA) is 78.9 Å². The maximum Gasteiger partial charge on any atom is 0.255 e. The second-order valence-corrected chi connectivity index (χ2v) is 5.82. The van der Waals surface area contributed by atoms with Crippen molar-refractivity contribution >= 4 is 56.4 Å². The number of benzene rings is 2. The largest absolute Gasteiger partial charge is 0.397 e. The lowest BCUT2D eigenvalue weighted by molar-refractivity contribution is 0.102. The maximum atomic E-state index is 12.2. The first-order chi connectivity index (χ1) is 9.92. The highest BCUT2D eigenvalue weighted by Gasteiger charge is 2.13. The van der Waals surface area contributed by atoms with Crippen molar-refractivity contribution in [2.75, 3.05) is 11.1 Å². The van der Waals surface area contributed by atoms with Crippen LogP contribution in [0.4, 0.5) is 11.4 Å². The van der Waals surface area contributed by atoms with Gasteiger partial charge in [0.1, 0.15) is 6.07 Å². The third-order valence-electron chi connectivity index (χ3n) is 2.67. The zero-order chi connectivity index (χ0) is 15.6. The quantitative estimate of drug-likeness (QED) is 0.750. The van der Waals surface area contributed by atoms with Crippen molar-refractivity contribution in [3.8, 4) is 6.07 Å². The van der Waals surface area contributed by atoms with Gasteiger partial charge in [0.2, 0.25) is 0 Å². The molecule has 0 unspecified atom stereocenters. The molecule has 0 aromatic heterocycles. The normalized spacial score (nSPS) is 10.0. The number of nitrogens with zero attached hydrogens (tertiary/aromatic N) is 1. The average molecular weight is 385 g/mol. The molecule has 0 saturated carbocycles. The molecule has 3 N–H and O–H groups in total. The summed E-state index contributed by atoms with van der Waals surface area (Å²) in [5.41, 5.74) is 6.88. The fourth-order valence-electron chi connectivity index (χ4n) is 1.65. The molecule has 0 spiro atoms. The zero-order valence-corrected chi connectivity index (χ0v) is 13.6. The van der Waals surface area contributed by atoms with Gasteiger partial charge in [-0.25, -0.2) is 0 Å². The Morgan fingerprint density at radius 2 is 2.00 bits per heavy atom. The van der Waals surface area contributed by atoms with Crippen LogP contribution in [0, 0.1) is 11.3 Å². The van der Waals surface area contributed by atoms with E-state index >= 15 is 0 Å². The lowest BCUT2D eigenvalue weighted by Crippen LogP contribution is -2.13. The number of nitrogen functional groups attached to an aromatic ring is 1. The number of halogens is 3. The molecule has 0 aliphatic rings. The third-order valence-corrected chi connectivity index (χ3v) is 3.98. The molecular formula is C14H8BrCl2N3O. The predicted octanol–water partition coefficient (Wildman–Crippen LogP) is 4.46. The summed E-state index contributed by atoms with van der Waals surface area (Å²) in [6.07, 6.45) is 0. The molecule has 0 radical (unpaired) electrons. The monoisotopic (exact) mass is 383 g/mol. The SMILES string of the molecule is N#Cc1cc(Br)ccc1NC(=O)c1cc(N)c(Cl)c(Cl)c1. The number of hydrogen-bond acceptors (Lipinski definition) is 3. The van der Waals surface area contributed by atoms with Crippen LogP contribution in [0.2, 0.25) is 10.0 Å². The summed E-state index contributed by atoms with van der Waals surface area (Å²) in [6.45, 7) is 0. The second-order valence-electron chi connectivity index (χ2n) is 4.12. The van der Waals surface area contributed by atoms with Crippen molar-refractivity contribution in [2.24, 2.45) is 0 Å². The molecule has 2 aromatic rings. The van der Waals surface area contributed by atoms with Crippen molar-refractivity contribution in [1.82, 2.24) is 0 Å². The molecule has 0 bridgehead atoms. The number of carbonyl (C=O) groups excluding carboxylic acids is 1. The highest BCUT2D eigenvalue weighted by molar-refractivity contribution is 9.10. The van der Waals surface area contributed by atoms with Crippen molar-refractivity contribution in [3.05, 3.63) is 56.0 Å². The number of rotatable bonds is 2. The lowest BCUT2D eigenvalue weighted by Gasteiger charge is -2.09. The summed E-state index contributed by atoms with van der Waals surface area (Å²) in [5.74, 6) is -0.431. The molecule has 0 fully saturated rings. The number of nitrogens with two attached hydrogens (primary N) is 1. The van der Waals surface area contributed by atoms with E-state index in [1.807, 2.05) is 6.07 Å². The number of hydrogen-bond donors (Lipinski definition) is 2. The van der Waals surface area contributed by atoms with Crippen LogP contribution in [0.5, 0.6) is 0 Å². The van der Waals surface area contributed by atoms with Crippen LogP contribution in [-0.2, 0) is 0 Å². The van der Waals surface area contributed by atoms with E-state index in [4.69, 9.17) is 34.2 Å². The third kappa shape index (κ3) is 3.48. The molecule has 0 saturated heterocycles. The fourth-order valence-corrected chi connectivity index (χ4v) is 2.35. The predicted molar refractivity (Wildman–Crippen MR) is 87.7 cm³/mol. The van der Waals surface area contributed by atoms with Gasteiger partial charge in [-0.3, -0.25) is 4.79 Å². The van der Waals surface area contributed by atoms with Gasteiger partial charge in [-0.05, 0) is 30.3 Å². The molecule has 0 aliphatic carbocycles. The standard InChI is InChI=1S/C14H8BrCl2N3O/c15-9-1-2-12(8(3-9)6-18)20-14(21)7-4-10(16)13(17)11(19)5-7/h1-5H,19H2,(H,20,21). The van der Waals surface area contributed by atoms with E-state index in [1.165, 1.54) is 12.1 Å². The molecule has 0 aliphatic heterocycles. The molecular weight excluding hydrogens is 377 g/mol. The van der Waals surface area contributed by atoms with Gasteiger partial charge in [0.15, 0.2) is 0 Å². The first-order valence-electron chi connectivity index (χ1n) is 5.68. The van der Waals surface area contributed by atoms with Crippen LogP contribution in [0.25, 0.3) is 0 Å². The van der Waals surface area contributed by atoms with E-state index in [9.17, 15) is 4.79 Å². The fraction of sp³-hybridized carbons (Fsp3) is 0. The Balaban J connectivity index is 2.33. The summed E-state index contributed by atoms with van der Waals surface area (Å²) in [6, 6.07) is 9.81. The number of amides is 1. The molecule has 7 heteroatoms. The van der Waals surface area contributed by atoms with E-state index in [-0.39, 0.29) is 21.3 Å². The van der Waals surface area contributed by atoms with Gasteiger partial charge in [-0.1, -0.05) is 39.1 Å². The number of nitriles is 1. The number of anilines is 2. The molecule has 2 rings (SSSR count). The van der Waals surface area contributed by atoms with Crippen LogP contribution in [0.3, 0.4) is 0 Å².